The van der Waals surface area contributed by atoms with Crippen molar-refractivity contribution >= 4 is 23.4 Å². The second kappa shape index (κ2) is 4.68. The first-order valence-corrected chi connectivity index (χ1v) is 5.76. The molecule has 5 heteroatoms. The van der Waals surface area contributed by atoms with Gasteiger partial charge in [-0.1, -0.05) is 0 Å². The molecule has 0 saturated carbocycles. The molecule has 3 nitrogen and oxygen atoms in total. The second-order valence-electron chi connectivity index (χ2n) is 2.95. The van der Waals surface area contributed by atoms with Crippen LogP contribution in [-0.4, -0.2) is 9.97 Å². The van der Waals surface area contributed by atoms with Gasteiger partial charge in [0.1, 0.15) is 5.76 Å². The van der Waals surface area contributed by atoms with Crippen LogP contribution < -0.4 is 0 Å². The number of nitrogens with zero attached hydrogens (tertiary/aromatic N) is 2. The fraction of sp³-hybridized carbons (Fsp3) is 0.200. The van der Waals surface area contributed by atoms with Gasteiger partial charge in [-0.05, 0) is 30.7 Å². The average molecular weight is 241 g/mol. The fourth-order valence-corrected chi connectivity index (χ4v) is 2.16. The lowest BCUT2D eigenvalue weighted by atomic mass is 10.5. The predicted molar refractivity (Wildman–Crippen MR) is 60.0 cm³/mol. The molecular weight excluding hydrogens is 232 g/mol. The predicted octanol–water partition coefficient (Wildman–Crippen LogP) is 3.32. The van der Waals surface area contributed by atoms with E-state index < -0.39 is 0 Å². The summed E-state index contributed by atoms with van der Waals surface area (Å²) in [4.78, 5) is 9.06. The molecule has 0 aliphatic carbocycles. The Labute approximate surface area is 96.9 Å². The summed E-state index contributed by atoms with van der Waals surface area (Å²) in [5.41, 5.74) is 0.917. The summed E-state index contributed by atoms with van der Waals surface area (Å²) in [6.45, 7) is 1.94. The lowest BCUT2D eigenvalue weighted by molar-refractivity contribution is 0.527. The van der Waals surface area contributed by atoms with Crippen molar-refractivity contribution in [1.82, 2.24) is 9.97 Å². The molecule has 2 heterocycles. The van der Waals surface area contributed by atoms with Crippen molar-refractivity contribution in [2.75, 3.05) is 0 Å². The lowest BCUT2D eigenvalue weighted by Gasteiger charge is -1.99. The quantitative estimate of drug-likeness (QED) is 0.609. The van der Waals surface area contributed by atoms with Crippen LogP contribution in [0.5, 0.6) is 0 Å². The lowest BCUT2D eigenvalue weighted by Crippen LogP contribution is -1.88. The van der Waals surface area contributed by atoms with Crippen LogP contribution in [0, 0.1) is 6.92 Å². The summed E-state index contributed by atoms with van der Waals surface area (Å²) in [5, 5.41) is 0.289. The van der Waals surface area contributed by atoms with Gasteiger partial charge in [0, 0.05) is 16.8 Å². The molecule has 0 spiro atoms. The van der Waals surface area contributed by atoms with Crippen molar-refractivity contribution in [2.45, 2.75) is 17.6 Å². The van der Waals surface area contributed by atoms with Crippen LogP contribution in [0.3, 0.4) is 0 Å². The van der Waals surface area contributed by atoms with Crippen LogP contribution in [0.2, 0.25) is 5.28 Å². The van der Waals surface area contributed by atoms with Crippen molar-refractivity contribution in [3.8, 4) is 0 Å². The van der Waals surface area contributed by atoms with Gasteiger partial charge in [-0.2, -0.15) is 0 Å². The first kappa shape index (κ1) is 10.5. The van der Waals surface area contributed by atoms with Crippen molar-refractivity contribution in [3.63, 3.8) is 0 Å². The van der Waals surface area contributed by atoms with E-state index in [2.05, 4.69) is 9.97 Å². The molecule has 0 aliphatic rings. The standard InChI is InChI=1S/C10H9ClN2OS/c1-7-9(3-5-14-7)15-6-8-2-4-12-10(11)13-8/h2-5H,6H2,1H3. The number of aromatic nitrogens is 2. The first-order valence-electron chi connectivity index (χ1n) is 4.40. The maximum Gasteiger partial charge on any atom is 0.222 e. The first-order chi connectivity index (χ1) is 7.25. The molecule has 0 saturated heterocycles. The normalized spacial score (nSPS) is 10.5. The van der Waals surface area contributed by atoms with Crippen LogP contribution in [0.4, 0.5) is 0 Å². The number of aryl methyl sites for hydroxylation is 1. The molecule has 0 bridgehead atoms. The zero-order valence-corrected chi connectivity index (χ0v) is 9.68. The Morgan fingerprint density at radius 1 is 1.47 bits per heavy atom. The molecular formula is C10H9ClN2OS. The third-order valence-corrected chi connectivity index (χ3v) is 3.23. The van der Waals surface area contributed by atoms with E-state index in [0.29, 0.717) is 0 Å². The van der Waals surface area contributed by atoms with E-state index in [-0.39, 0.29) is 5.28 Å². The van der Waals surface area contributed by atoms with Gasteiger partial charge in [-0.25, -0.2) is 9.97 Å². The highest BCUT2D eigenvalue weighted by molar-refractivity contribution is 7.98. The summed E-state index contributed by atoms with van der Waals surface area (Å²) in [6.07, 6.45) is 3.35. The van der Waals surface area contributed by atoms with Gasteiger partial charge in [0.15, 0.2) is 0 Å². The molecule has 0 aromatic carbocycles. The third kappa shape index (κ3) is 2.73. The van der Waals surface area contributed by atoms with Crippen molar-refractivity contribution in [2.24, 2.45) is 0 Å². The molecule has 0 unspecified atom stereocenters. The van der Waals surface area contributed by atoms with E-state index in [4.69, 9.17) is 16.0 Å². The number of rotatable bonds is 3. The molecule has 0 aliphatic heterocycles. The van der Waals surface area contributed by atoms with Gasteiger partial charge in [-0.15, -0.1) is 11.8 Å². The van der Waals surface area contributed by atoms with E-state index in [9.17, 15) is 0 Å². The third-order valence-electron chi connectivity index (χ3n) is 1.87. The Hall–Kier alpha value is -1.00. The molecule has 0 radical (unpaired) electrons. The molecule has 0 N–H and O–H groups in total. The Balaban J connectivity index is 2.02. The fourth-order valence-electron chi connectivity index (χ4n) is 1.12. The highest BCUT2D eigenvalue weighted by Crippen LogP contribution is 2.26. The van der Waals surface area contributed by atoms with Crippen molar-refractivity contribution in [3.05, 3.63) is 41.3 Å². The van der Waals surface area contributed by atoms with E-state index in [1.54, 1.807) is 24.2 Å². The second-order valence-corrected chi connectivity index (χ2v) is 4.30. The minimum Gasteiger partial charge on any atom is -0.468 e. The van der Waals surface area contributed by atoms with Gasteiger partial charge in [0.2, 0.25) is 5.28 Å². The molecule has 2 rings (SSSR count). The SMILES string of the molecule is Cc1occc1SCc1ccnc(Cl)n1. The van der Waals surface area contributed by atoms with Gasteiger partial charge in [-0.3, -0.25) is 0 Å². The smallest absolute Gasteiger partial charge is 0.222 e. The molecule has 0 atom stereocenters. The summed E-state index contributed by atoms with van der Waals surface area (Å²) in [6, 6.07) is 3.80. The number of furan rings is 1. The van der Waals surface area contributed by atoms with E-state index >= 15 is 0 Å². The molecule has 0 amide bonds. The Morgan fingerprint density at radius 3 is 3.00 bits per heavy atom. The Kier molecular flexibility index (Phi) is 3.28. The minimum absolute atomic E-state index is 0.289. The van der Waals surface area contributed by atoms with Crippen molar-refractivity contribution < 1.29 is 4.42 Å². The van der Waals surface area contributed by atoms with Crippen LogP contribution in [0.1, 0.15) is 11.5 Å². The molecule has 2 aromatic heterocycles. The maximum absolute atomic E-state index is 5.69. The van der Waals surface area contributed by atoms with Gasteiger partial charge in [0.25, 0.3) is 0 Å². The van der Waals surface area contributed by atoms with E-state index in [0.717, 1.165) is 22.1 Å². The van der Waals surface area contributed by atoms with Crippen LogP contribution in [-0.2, 0) is 5.75 Å². The maximum atomic E-state index is 5.69. The van der Waals surface area contributed by atoms with Gasteiger partial charge >= 0.3 is 0 Å². The van der Waals surface area contributed by atoms with Crippen LogP contribution >= 0.6 is 23.4 Å². The zero-order chi connectivity index (χ0) is 10.7. The highest BCUT2D eigenvalue weighted by Gasteiger charge is 2.03. The summed E-state index contributed by atoms with van der Waals surface area (Å²) >= 11 is 7.36. The average Bonchev–Trinajstić information content (AvgIpc) is 2.61. The number of thioether (sulfide) groups is 1. The number of hydrogen-bond donors (Lipinski definition) is 0. The van der Waals surface area contributed by atoms with Crippen LogP contribution in [0.25, 0.3) is 0 Å². The summed E-state index contributed by atoms with van der Waals surface area (Å²) in [5.74, 6) is 1.70. The van der Waals surface area contributed by atoms with Gasteiger partial charge in [0.05, 0.1) is 12.0 Å². The molecule has 78 valence electrons. The summed E-state index contributed by atoms with van der Waals surface area (Å²) < 4.78 is 5.20. The molecule has 0 fully saturated rings. The largest absolute Gasteiger partial charge is 0.468 e. The highest BCUT2D eigenvalue weighted by atomic mass is 35.5. The minimum atomic E-state index is 0.289. The molecule has 15 heavy (non-hydrogen) atoms. The van der Waals surface area contributed by atoms with Crippen molar-refractivity contribution in [1.29, 1.82) is 0 Å². The van der Waals surface area contributed by atoms with Gasteiger partial charge < -0.3 is 4.42 Å². The van der Waals surface area contributed by atoms with Crippen LogP contribution in [0.15, 0.2) is 33.9 Å². The Morgan fingerprint density at radius 2 is 2.33 bits per heavy atom. The monoisotopic (exact) mass is 240 g/mol. The Bertz CT molecular complexity index is 458. The molecule has 2 aromatic rings. The summed E-state index contributed by atoms with van der Waals surface area (Å²) in [7, 11) is 0. The number of halogens is 1. The zero-order valence-electron chi connectivity index (χ0n) is 8.11. The van der Waals surface area contributed by atoms with E-state index in [1.165, 1.54) is 0 Å². The topological polar surface area (TPSA) is 38.9 Å². The number of hydrogen-bond acceptors (Lipinski definition) is 4. The van der Waals surface area contributed by atoms with E-state index in [1.807, 2.05) is 19.1 Å².